The standard InChI is InChI=1S/C14H13N3O2/c15-16-14(18)17-13-8-4-3-7-12(13)11-6-2-1-5-10(11)9-19-17/h1-9,13H,15H2,(H,16,18). The second-order valence-corrected chi connectivity index (χ2v) is 4.23. The van der Waals surface area contributed by atoms with E-state index in [-0.39, 0.29) is 6.04 Å². The van der Waals surface area contributed by atoms with Gasteiger partial charge >= 0.3 is 6.03 Å². The van der Waals surface area contributed by atoms with Crippen molar-refractivity contribution in [2.45, 2.75) is 6.04 Å². The van der Waals surface area contributed by atoms with E-state index in [0.29, 0.717) is 0 Å². The highest BCUT2D eigenvalue weighted by Gasteiger charge is 2.27. The molecule has 1 atom stereocenters. The van der Waals surface area contributed by atoms with E-state index >= 15 is 0 Å². The number of nitrogens with zero attached hydrogens (tertiary/aromatic N) is 1. The Hall–Kier alpha value is -2.53. The minimum absolute atomic E-state index is 0.298. The molecule has 5 nitrogen and oxygen atoms in total. The number of carbonyl (C=O) groups is 1. The lowest BCUT2D eigenvalue weighted by Crippen LogP contribution is -2.47. The van der Waals surface area contributed by atoms with Gasteiger partial charge in [0.15, 0.2) is 0 Å². The Kier molecular flexibility index (Phi) is 2.81. The Morgan fingerprint density at radius 3 is 3.00 bits per heavy atom. The molecule has 1 aliphatic carbocycles. The van der Waals surface area contributed by atoms with E-state index in [2.05, 4.69) is 5.43 Å². The molecule has 1 aliphatic heterocycles. The van der Waals surface area contributed by atoms with Gasteiger partial charge in [-0.25, -0.2) is 10.6 Å². The normalized spacial score (nSPS) is 19.7. The van der Waals surface area contributed by atoms with Gasteiger partial charge in [0, 0.05) is 5.22 Å². The molecule has 3 rings (SSSR count). The van der Waals surface area contributed by atoms with Crippen LogP contribution in [0.1, 0.15) is 0 Å². The molecule has 1 aromatic carbocycles. The highest BCUT2D eigenvalue weighted by atomic mass is 16.7. The molecular weight excluding hydrogens is 242 g/mol. The fraction of sp³-hybridized carbons (Fsp3) is 0.0714. The highest BCUT2D eigenvalue weighted by Crippen LogP contribution is 2.19. The zero-order chi connectivity index (χ0) is 13.2. The van der Waals surface area contributed by atoms with Crippen molar-refractivity contribution in [3.63, 3.8) is 0 Å². The molecule has 1 unspecified atom stereocenters. The molecule has 2 amide bonds. The molecule has 0 aromatic heterocycles. The monoisotopic (exact) mass is 255 g/mol. The molecule has 0 saturated carbocycles. The largest absolute Gasteiger partial charge is 0.382 e. The Balaban J connectivity index is 2.24. The molecule has 3 N–H and O–H groups in total. The minimum atomic E-state index is -0.494. The number of benzene rings is 1. The van der Waals surface area contributed by atoms with Gasteiger partial charge in [0.05, 0.1) is 0 Å². The number of nitrogens with one attached hydrogen (secondary N) is 1. The SMILES string of the molecule is NNC(=O)N1OC=c2ccccc2=C2C=CC=CC21. The van der Waals surface area contributed by atoms with E-state index in [4.69, 9.17) is 10.7 Å². The Morgan fingerprint density at radius 1 is 1.32 bits per heavy atom. The van der Waals surface area contributed by atoms with Gasteiger partial charge in [0.1, 0.15) is 12.3 Å². The smallest absolute Gasteiger partial charge is 0.365 e. The predicted octanol–water partition coefficient (Wildman–Crippen LogP) is -0.0996. The van der Waals surface area contributed by atoms with Gasteiger partial charge in [-0.1, -0.05) is 48.6 Å². The summed E-state index contributed by atoms with van der Waals surface area (Å²) in [4.78, 5) is 17.3. The number of hydrogen-bond acceptors (Lipinski definition) is 3. The molecule has 1 heterocycles. The number of hydrazine groups is 1. The summed E-state index contributed by atoms with van der Waals surface area (Å²) in [6.07, 6.45) is 9.23. The lowest BCUT2D eigenvalue weighted by Gasteiger charge is -2.27. The summed E-state index contributed by atoms with van der Waals surface area (Å²) in [5.41, 5.74) is 3.09. The molecule has 19 heavy (non-hydrogen) atoms. The van der Waals surface area contributed by atoms with Crippen LogP contribution in [0.4, 0.5) is 4.79 Å². The molecule has 0 bridgehead atoms. The summed E-state index contributed by atoms with van der Waals surface area (Å²) in [6.45, 7) is 0. The first-order valence-electron chi connectivity index (χ1n) is 5.92. The lowest BCUT2D eigenvalue weighted by molar-refractivity contribution is -0.0395. The molecule has 96 valence electrons. The van der Waals surface area contributed by atoms with Gasteiger partial charge in [-0.15, -0.1) is 5.06 Å². The third-order valence-corrected chi connectivity index (χ3v) is 3.14. The van der Waals surface area contributed by atoms with E-state index in [1.807, 2.05) is 48.6 Å². The van der Waals surface area contributed by atoms with Crippen molar-refractivity contribution in [2.24, 2.45) is 5.84 Å². The molecule has 5 heteroatoms. The van der Waals surface area contributed by atoms with E-state index in [9.17, 15) is 4.79 Å². The first-order chi connectivity index (χ1) is 9.31. The zero-order valence-corrected chi connectivity index (χ0v) is 10.1. The van der Waals surface area contributed by atoms with Crippen molar-refractivity contribution in [1.29, 1.82) is 0 Å². The highest BCUT2D eigenvalue weighted by molar-refractivity contribution is 5.78. The summed E-state index contributed by atoms with van der Waals surface area (Å²) in [7, 11) is 0. The van der Waals surface area contributed by atoms with Crippen LogP contribution in [0.15, 0.2) is 48.6 Å². The third-order valence-electron chi connectivity index (χ3n) is 3.14. The quantitative estimate of drug-likeness (QED) is 0.386. The molecule has 0 fully saturated rings. The second kappa shape index (κ2) is 4.62. The fourth-order valence-corrected chi connectivity index (χ4v) is 2.26. The maximum Gasteiger partial charge on any atom is 0.365 e. The van der Waals surface area contributed by atoms with Crippen molar-refractivity contribution in [1.82, 2.24) is 10.5 Å². The number of urea groups is 1. The average Bonchev–Trinajstić information content (AvgIpc) is 2.64. The summed E-state index contributed by atoms with van der Waals surface area (Å²) in [6, 6.07) is 7.04. The van der Waals surface area contributed by atoms with E-state index in [1.165, 1.54) is 5.06 Å². The van der Waals surface area contributed by atoms with E-state index in [1.54, 1.807) is 6.26 Å². The molecule has 0 radical (unpaired) electrons. The van der Waals surface area contributed by atoms with Gasteiger partial charge in [0.2, 0.25) is 0 Å². The Labute approximate surface area is 109 Å². The van der Waals surface area contributed by atoms with Crippen molar-refractivity contribution in [3.05, 3.63) is 59.0 Å². The summed E-state index contributed by atoms with van der Waals surface area (Å²) < 4.78 is 0. The maximum absolute atomic E-state index is 11.8. The third kappa shape index (κ3) is 1.90. The zero-order valence-electron chi connectivity index (χ0n) is 10.1. The number of amides is 2. The number of fused-ring (bicyclic) bond motifs is 2. The van der Waals surface area contributed by atoms with Gasteiger partial charge < -0.3 is 4.84 Å². The predicted molar refractivity (Wildman–Crippen MR) is 71.3 cm³/mol. The molecule has 0 saturated heterocycles. The van der Waals surface area contributed by atoms with Crippen LogP contribution < -0.4 is 21.7 Å². The number of rotatable bonds is 0. The van der Waals surface area contributed by atoms with Crippen LogP contribution in [0.25, 0.3) is 11.8 Å². The number of hydrogen-bond donors (Lipinski definition) is 2. The maximum atomic E-state index is 11.8. The van der Waals surface area contributed by atoms with Crippen LogP contribution in [0, 0.1) is 0 Å². The minimum Gasteiger partial charge on any atom is -0.382 e. The van der Waals surface area contributed by atoms with Crippen molar-refractivity contribution in [3.8, 4) is 0 Å². The van der Waals surface area contributed by atoms with Crippen molar-refractivity contribution >= 4 is 17.9 Å². The van der Waals surface area contributed by atoms with Crippen molar-refractivity contribution in [2.75, 3.05) is 0 Å². The average molecular weight is 255 g/mol. The summed E-state index contributed by atoms with van der Waals surface area (Å²) >= 11 is 0. The molecular formula is C14H13N3O2. The lowest BCUT2D eigenvalue weighted by atomic mass is 9.98. The molecule has 1 aromatic rings. The van der Waals surface area contributed by atoms with E-state index < -0.39 is 6.03 Å². The van der Waals surface area contributed by atoms with Gasteiger partial charge in [-0.2, -0.15) is 0 Å². The number of carbonyl (C=O) groups excluding carboxylic acids is 1. The Bertz CT molecular complexity index is 691. The summed E-state index contributed by atoms with van der Waals surface area (Å²) in [5, 5.41) is 3.19. The van der Waals surface area contributed by atoms with Gasteiger partial charge in [0.25, 0.3) is 0 Å². The van der Waals surface area contributed by atoms with Crippen LogP contribution in [-0.2, 0) is 4.84 Å². The fourth-order valence-electron chi connectivity index (χ4n) is 2.26. The van der Waals surface area contributed by atoms with Crippen LogP contribution in [-0.4, -0.2) is 17.1 Å². The van der Waals surface area contributed by atoms with Crippen LogP contribution >= 0.6 is 0 Å². The van der Waals surface area contributed by atoms with Crippen molar-refractivity contribution < 1.29 is 9.63 Å². The summed E-state index contributed by atoms with van der Waals surface area (Å²) in [5.74, 6) is 5.19. The first-order valence-corrected chi connectivity index (χ1v) is 5.92. The Morgan fingerprint density at radius 2 is 2.16 bits per heavy atom. The van der Waals surface area contributed by atoms with Gasteiger partial charge in [-0.3, -0.25) is 5.43 Å². The van der Waals surface area contributed by atoms with Crippen LogP contribution in [0.2, 0.25) is 0 Å². The number of nitrogens with two attached hydrogens (primary N) is 1. The van der Waals surface area contributed by atoms with Crippen LogP contribution in [0.5, 0.6) is 0 Å². The van der Waals surface area contributed by atoms with Crippen LogP contribution in [0.3, 0.4) is 0 Å². The van der Waals surface area contributed by atoms with E-state index in [0.717, 1.165) is 16.0 Å². The number of hydroxylamine groups is 2. The topological polar surface area (TPSA) is 67.6 Å². The first kappa shape index (κ1) is 11.6. The molecule has 0 spiro atoms. The number of allylic oxidation sites excluding steroid dienone is 2. The molecule has 2 aliphatic rings. The second-order valence-electron chi connectivity index (χ2n) is 4.23. The van der Waals surface area contributed by atoms with Gasteiger partial charge in [-0.05, 0) is 10.8 Å².